The van der Waals surface area contributed by atoms with Crippen LogP contribution in [-0.4, -0.2) is 33.2 Å². The van der Waals surface area contributed by atoms with Crippen molar-refractivity contribution in [1.29, 1.82) is 0 Å². The Morgan fingerprint density at radius 2 is 1.41 bits per heavy atom. The predicted molar refractivity (Wildman–Crippen MR) is 173 cm³/mol. The molecule has 0 aliphatic rings. The van der Waals surface area contributed by atoms with Gasteiger partial charge in [-0.2, -0.15) is 0 Å². The topological polar surface area (TPSA) is 117 Å². The zero-order valence-corrected chi connectivity index (χ0v) is 30.6. The Morgan fingerprint density at radius 3 is 1.94 bits per heavy atom. The number of aryl methyl sites for hydroxylation is 3. The second-order valence-electron chi connectivity index (χ2n) is 11.3. The van der Waals surface area contributed by atoms with Crippen molar-refractivity contribution in [2.24, 2.45) is 21.1 Å². The van der Waals surface area contributed by atoms with Crippen LogP contribution in [0.4, 0.5) is 0 Å². The summed E-state index contributed by atoms with van der Waals surface area (Å²) in [5, 5.41) is 4.08. The van der Waals surface area contributed by atoms with Gasteiger partial charge in [0, 0.05) is 75.8 Å². The van der Waals surface area contributed by atoms with Crippen molar-refractivity contribution in [3.8, 4) is 34.3 Å². The summed E-state index contributed by atoms with van der Waals surface area (Å²) in [6.45, 7) is 0. The maximum absolute atomic E-state index is 5.74. The number of rotatable bonds is 4. The third-order valence-electron chi connectivity index (χ3n) is 8.08. The van der Waals surface area contributed by atoms with E-state index in [0.29, 0.717) is 11.5 Å². The number of aromatic nitrogens is 10. The van der Waals surface area contributed by atoms with Crippen molar-refractivity contribution >= 4 is 43.6 Å². The van der Waals surface area contributed by atoms with Crippen molar-refractivity contribution in [2.45, 2.75) is 0 Å². The Bertz CT molecular complexity index is 2700. The largest absolute Gasteiger partial charge is 2.00 e. The molecule has 12 nitrogen and oxygen atoms in total. The van der Waals surface area contributed by atoms with Crippen molar-refractivity contribution in [2.75, 3.05) is 0 Å². The minimum atomic E-state index is 0. The van der Waals surface area contributed by atoms with E-state index in [2.05, 4.69) is 40.0 Å². The number of hydrogen-bond donors (Lipinski definition) is 0. The van der Waals surface area contributed by atoms with E-state index in [-0.39, 0.29) is 42.1 Å². The second-order valence-corrected chi connectivity index (χ2v) is 11.3. The van der Waals surface area contributed by atoms with E-state index in [1.165, 1.54) is 0 Å². The summed E-state index contributed by atoms with van der Waals surface area (Å²) in [5.74, 6) is 1.36. The molecule has 0 N–H and O–H groups in total. The maximum Gasteiger partial charge on any atom is 2.00 e. The molecule has 0 aliphatic carbocycles. The molecule has 0 aliphatic heterocycles. The molecular weight excluding hydrogens is 983 g/mol. The standard InChI is InChI=1S/C18H13N5O.C17H11N5O.2Pt/c1-21-6-7-23(11-21)15-5-3-4-12-13-9-24-18(17(13)20-16(12)15)14-8-22(2)10-19-14;1-21-7-13(19-10-21)17-16-12(8-23-17)11-3-2-4-14(15(11)20-16)22-6-5-18-9-22;;/h3-9H,1-2H3;2-8,10H,1H3;;/q2*-2;;+2. The van der Waals surface area contributed by atoms with Crippen molar-refractivity contribution in [3.05, 3.63) is 111 Å². The SMILES string of the molecule is Cn1[c-]nc(-c2occ3c2[n-]c2c(-n4[c-][n+](C)cc4)cccc23)c1.Cn1cnc(-c2occ3c2[n-]c2c(-n4[c-]ncc4)cccc23)c1.[Pt+2].[Pt]. The van der Waals surface area contributed by atoms with Gasteiger partial charge in [0.25, 0.3) is 0 Å². The Balaban J connectivity index is 0.000000148. The first-order valence-electron chi connectivity index (χ1n) is 14.7. The molecule has 0 unspecified atom stereocenters. The number of imidazole rings is 4. The first kappa shape index (κ1) is 32.4. The normalized spacial score (nSPS) is 11.2. The summed E-state index contributed by atoms with van der Waals surface area (Å²) < 4.78 is 20.8. The predicted octanol–water partition coefficient (Wildman–Crippen LogP) is 5.08. The molecule has 0 saturated heterocycles. The number of furan rings is 2. The van der Waals surface area contributed by atoms with Crippen LogP contribution in [0.5, 0.6) is 0 Å². The molecule has 0 spiro atoms. The Hall–Kier alpha value is -5.18. The van der Waals surface area contributed by atoms with Gasteiger partial charge in [-0.25, -0.2) is 4.98 Å². The molecule has 10 rings (SSSR count). The molecular formula is C35H24N10O2Pt2-2. The van der Waals surface area contributed by atoms with Crippen LogP contribution < -0.4 is 14.5 Å². The number of fused-ring (bicyclic) bond motifs is 6. The first-order valence-corrected chi connectivity index (χ1v) is 14.7. The number of nitrogens with zero attached hydrogens (tertiary/aromatic N) is 10. The molecule has 14 heteroatoms. The van der Waals surface area contributed by atoms with Crippen LogP contribution in [-0.2, 0) is 63.3 Å². The molecule has 0 radical (unpaired) electrons. The Labute approximate surface area is 307 Å². The van der Waals surface area contributed by atoms with Crippen LogP contribution in [0.2, 0.25) is 0 Å². The third-order valence-corrected chi connectivity index (χ3v) is 8.08. The fourth-order valence-electron chi connectivity index (χ4n) is 5.93. The fraction of sp³-hybridized carbons (Fsp3) is 0.0857. The van der Waals surface area contributed by atoms with Crippen LogP contribution in [0.1, 0.15) is 0 Å². The number of para-hydroxylation sites is 2. The summed E-state index contributed by atoms with van der Waals surface area (Å²) in [5.41, 5.74) is 6.92. The molecule has 0 fully saturated rings. The molecule has 0 saturated carbocycles. The van der Waals surface area contributed by atoms with E-state index in [1.54, 1.807) is 29.6 Å². The zero-order valence-electron chi connectivity index (χ0n) is 26.1. The van der Waals surface area contributed by atoms with Gasteiger partial charge in [-0.05, 0) is 29.2 Å². The molecule has 0 bridgehead atoms. The van der Waals surface area contributed by atoms with Gasteiger partial charge in [-0.1, -0.05) is 59.8 Å². The molecule has 248 valence electrons. The average molecular weight is 1010 g/mol. The third kappa shape index (κ3) is 5.41. The number of benzene rings is 2. The van der Waals surface area contributed by atoms with Gasteiger partial charge in [0.15, 0.2) is 0 Å². The molecule has 0 amide bonds. The van der Waals surface area contributed by atoms with E-state index < -0.39 is 0 Å². The van der Waals surface area contributed by atoms with Gasteiger partial charge < -0.3 is 51.6 Å². The van der Waals surface area contributed by atoms with Crippen LogP contribution in [0.25, 0.3) is 77.9 Å². The molecule has 2 aromatic carbocycles. The van der Waals surface area contributed by atoms with Gasteiger partial charge in [0.05, 0.1) is 31.7 Å². The fourth-order valence-corrected chi connectivity index (χ4v) is 5.93. The van der Waals surface area contributed by atoms with Crippen LogP contribution in [0, 0.1) is 19.0 Å². The smallest absolute Gasteiger partial charge is 0.660 e. The quantitative estimate of drug-likeness (QED) is 0.179. The summed E-state index contributed by atoms with van der Waals surface area (Å²) in [7, 11) is 5.75. The summed E-state index contributed by atoms with van der Waals surface area (Å²) in [6, 6.07) is 12.2. The van der Waals surface area contributed by atoms with Crippen LogP contribution in [0.15, 0.2) is 101 Å². The van der Waals surface area contributed by atoms with Gasteiger partial charge in [0.2, 0.25) is 6.33 Å². The van der Waals surface area contributed by atoms with E-state index in [0.717, 1.165) is 66.4 Å². The van der Waals surface area contributed by atoms with Crippen molar-refractivity contribution < 1.29 is 55.5 Å². The van der Waals surface area contributed by atoms with Gasteiger partial charge in [0.1, 0.15) is 11.5 Å². The maximum atomic E-state index is 5.74. The Kier molecular flexibility index (Phi) is 8.38. The van der Waals surface area contributed by atoms with E-state index >= 15 is 0 Å². The monoisotopic (exact) mass is 1010 g/mol. The molecule has 49 heavy (non-hydrogen) atoms. The summed E-state index contributed by atoms with van der Waals surface area (Å²) in [4.78, 5) is 22.2. The van der Waals surface area contributed by atoms with Crippen molar-refractivity contribution in [3.63, 3.8) is 0 Å². The van der Waals surface area contributed by atoms with E-state index in [9.17, 15) is 0 Å². The summed E-state index contributed by atoms with van der Waals surface area (Å²) in [6.07, 6.45) is 25.5. The van der Waals surface area contributed by atoms with Gasteiger partial charge in [-0.3, -0.25) is 0 Å². The van der Waals surface area contributed by atoms with Crippen LogP contribution >= 0.6 is 0 Å². The van der Waals surface area contributed by atoms with E-state index in [1.807, 2.05) is 101 Å². The average Bonchev–Trinajstić information content (AvgIpc) is 3.91. The molecule has 8 aromatic heterocycles. The zero-order chi connectivity index (χ0) is 31.6. The Morgan fingerprint density at radius 1 is 0.755 bits per heavy atom. The van der Waals surface area contributed by atoms with Crippen molar-refractivity contribution in [1.82, 2.24) is 43.2 Å². The van der Waals surface area contributed by atoms with E-state index in [4.69, 9.17) is 18.8 Å². The van der Waals surface area contributed by atoms with Gasteiger partial charge >= 0.3 is 21.1 Å². The molecule has 10 aromatic rings. The molecule has 0 atom stereocenters. The van der Waals surface area contributed by atoms with Gasteiger partial charge in [-0.15, -0.1) is 17.2 Å². The van der Waals surface area contributed by atoms with Crippen LogP contribution in [0.3, 0.4) is 0 Å². The minimum Gasteiger partial charge on any atom is -0.660 e. The number of hydrogen-bond acceptors (Lipinski definition) is 5. The minimum absolute atomic E-state index is 0. The summed E-state index contributed by atoms with van der Waals surface area (Å²) >= 11 is 0. The molecule has 8 heterocycles. The second kappa shape index (κ2) is 12.7. The first-order chi connectivity index (χ1) is 23.0.